The Morgan fingerprint density at radius 1 is 1.28 bits per heavy atom. The third-order valence-corrected chi connectivity index (χ3v) is 2.90. The number of urea groups is 1. The van der Waals surface area contributed by atoms with Gasteiger partial charge in [-0.25, -0.2) is 9.78 Å². The van der Waals surface area contributed by atoms with Gasteiger partial charge in [-0.15, -0.1) is 0 Å². The van der Waals surface area contributed by atoms with E-state index >= 15 is 0 Å². The molecule has 0 spiro atoms. The van der Waals surface area contributed by atoms with Crippen LogP contribution in [-0.2, 0) is 0 Å². The average Bonchev–Trinajstić information content (AvgIpc) is 2.38. The first-order valence-electron chi connectivity index (χ1n) is 5.86. The number of anilines is 2. The Balaban J connectivity index is 1.96. The predicted octanol–water partition coefficient (Wildman–Crippen LogP) is -0.138. The van der Waals surface area contributed by atoms with Gasteiger partial charge in [-0.1, -0.05) is 0 Å². The standard InChI is InChI=1S/C11H18N6O/c1-15(2)11(18)17-5-3-16(4-6-17)10-8-13-7-9(12)14-10/h7-8H,3-6H2,1-2H3,(H2,12,14). The molecule has 7 heteroatoms. The first-order chi connectivity index (χ1) is 8.58. The minimum Gasteiger partial charge on any atom is -0.382 e. The van der Waals surface area contributed by atoms with E-state index in [4.69, 9.17) is 5.73 Å². The number of nitrogens with two attached hydrogens (primary N) is 1. The van der Waals surface area contributed by atoms with Gasteiger partial charge in [0.1, 0.15) is 11.6 Å². The highest BCUT2D eigenvalue weighted by Crippen LogP contribution is 2.13. The topological polar surface area (TPSA) is 78.6 Å². The van der Waals surface area contributed by atoms with E-state index in [2.05, 4.69) is 14.9 Å². The molecule has 98 valence electrons. The van der Waals surface area contributed by atoms with Gasteiger partial charge in [0.25, 0.3) is 0 Å². The molecule has 2 rings (SSSR count). The lowest BCUT2D eigenvalue weighted by molar-refractivity contribution is 0.168. The van der Waals surface area contributed by atoms with E-state index in [1.807, 2.05) is 4.90 Å². The number of rotatable bonds is 1. The van der Waals surface area contributed by atoms with Crippen LogP contribution in [0.4, 0.5) is 16.4 Å². The Hall–Kier alpha value is -2.05. The summed E-state index contributed by atoms with van der Waals surface area (Å²) in [5.41, 5.74) is 5.61. The first-order valence-corrected chi connectivity index (χ1v) is 5.86. The van der Waals surface area contributed by atoms with Gasteiger partial charge < -0.3 is 20.4 Å². The van der Waals surface area contributed by atoms with Crippen molar-refractivity contribution < 1.29 is 4.79 Å². The summed E-state index contributed by atoms with van der Waals surface area (Å²) in [5.74, 6) is 1.19. The molecule has 0 radical (unpaired) electrons. The van der Waals surface area contributed by atoms with Crippen molar-refractivity contribution in [1.29, 1.82) is 0 Å². The zero-order chi connectivity index (χ0) is 13.1. The van der Waals surface area contributed by atoms with Gasteiger partial charge in [-0.3, -0.25) is 4.98 Å². The highest BCUT2D eigenvalue weighted by molar-refractivity contribution is 5.74. The third kappa shape index (κ3) is 2.61. The van der Waals surface area contributed by atoms with E-state index in [9.17, 15) is 4.79 Å². The van der Waals surface area contributed by atoms with E-state index in [-0.39, 0.29) is 6.03 Å². The fraction of sp³-hybridized carbons (Fsp3) is 0.545. The minimum absolute atomic E-state index is 0.0494. The first kappa shape index (κ1) is 12.4. The van der Waals surface area contributed by atoms with Crippen LogP contribution in [0.1, 0.15) is 0 Å². The molecule has 1 saturated heterocycles. The van der Waals surface area contributed by atoms with Gasteiger partial charge in [-0.05, 0) is 0 Å². The Labute approximate surface area is 106 Å². The van der Waals surface area contributed by atoms with Crippen molar-refractivity contribution in [1.82, 2.24) is 19.8 Å². The summed E-state index contributed by atoms with van der Waals surface area (Å²) < 4.78 is 0. The largest absolute Gasteiger partial charge is 0.382 e. The summed E-state index contributed by atoms with van der Waals surface area (Å²) in [7, 11) is 3.52. The highest BCUT2D eigenvalue weighted by Gasteiger charge is 2.22. The number of hydrogen-bond acceptors (Lipinski definition) is 5. The maximum absolute atomic E-state index is 11.8. The number of aromatic nitrogens is 2. The summed E-state index contributed by atoms with van der Waals surface area (Å²) in [4.78, 5) is 25.5. The second-order valence-electron chi connectivity index (χ2n) is 4.45. The molecule has 1 fully saturated rings. The molecule has 0 aliphatic carbocycles. The van der Waals surface area contributed by atoms with Gasteiger partial charge in [0, 0.05) is 40.3 Å². The van der Waals surface area contributed by atoms with Crippen molar-refractivity contribution in [2.75, 3.05) is 50.9 Å². The normalized spacial score (nSPS) is 15.7. The van der Waals surface area contributed by atoms with Gasteiger partial charge in [0.15, 0.2) is 0 Å². The molecule has 2 heterocycles. The molecular weight excluding hydrogens is 232 g/mol. The van der Waals surface area contributed by atoms with Crippen LogP contribution in [0.5, 0.6) is 0 Å². The van der Waals surface area contributed by atoms with Crippen LogP contribution < -0.4 is 10.6 Å². The number of carbonyl (C=O) groups excluding carboxylic acids is 1. The van der Waals surface area contributed by atoms with Gasteiger partial charge in [0.2, 0.25) is 0 Å². The molecule has 1 aromatic rings. The number of nitrogen functional groups attached to an aromatic ring is 1. The minimum atomic E-state index is 0.0494. The zero-order valence-electron chi connectivity index (χ0n) is 10.7. The molecular formula is C11H18N6O. The maximum Gasteiger partial charge on any atom is 0.319 e. The lowest BCUT2D eigenvalue weighted by Crippen LogP contribution is -2.51. The van der Waals surface area contributed by atoms with Gasteiger partial charge in [-0.2, -0.15) is 0 Å². The van der Waals surface area contributed by atoms with Crippen LogP contribution in [0.2, 0.25) is 0 Å². The smallest absolute Gasteiger partial charge is 0.319 e. The van der Waals surface area contributed by atoms with E-state index in [1.54, 1.807) is 25.2 Å². The average molecular weight is 250 g/mol. The van der Waals surface area contributed by atoms with Crippen molar-refractivity contribution in [3.05, 3.63) is 12.4 Å². The number of nitrogens with zero attached hydrogens (tertiary/aromatic N) is 5. The Morgan fingerprint density at radius 3 is 2.50 bits per heavy atom. The van der Waals surface area contributed by atoms with E-state index < -0.39 is 0 Å². The van der Waals surface area contributed by atoms with Crippen LogP contribution in [0.15, 0.2) is 12.4 Å². The monoisotopic (exact) mass is 250 g/mol. The molecule has 0 unspecified atom stereocenters. The Morgan fingerprint density at radius 2 is 1.94 bits per heavy atom. The Kier molecular flexibility index (Phi) is 3.50. The lowest BCUT2D eigenvalue weighted by Gasteiger charge is -2.36. The van der Waals surface area contributed by atoms with Crippen molar-refractivity contribution in [2.24, 2.45) is 0 Å². The number of carbonyl (C=O) groups is 1. The van der Waals surface area contributed by atoms with Crippen molar-refractivity contribution in [3.8, 4) is 0 Å². The van der Waals surface area contributed by atoms with E-state index in [0.29, 0.717) is 18.9 Å². The van der Waals surface area contributed by atoms with Crippen LogP contribution in [0.3, 0.4) is 0 Å². The lowest BCUT2D eigenvalue weighted by atomic mass is 10.3. The molecule has 0 aromatic carbocycles. The molecule has 1 aromatic heterocycles. The molecule has 1 aliphatic rings. The molecule has 0 saturated carbocycles. The summed E-state index contributed by atoms with van der Waals surface area (Å²) in [6.07, 6.45) is 3.22. The molecule has 1 aliphatic heterocycles. The second-order valence-corrected chi connectivity index (χ2v) is 4.45. The Bertz CT molecular complexity index is 427. The van der Waals surface area contributed by atoms with E-state index in [1.165, 1.54) is 6.20 Å². The highest BCUT2D eigenvalue weighted by atomic mass is 16.2. The molecule has 2 amide bonds. The number of amides is 2. The molecule has 2 N–H and O–H groups in total. The van der Waals surface area contributed by atoms with Crippen LogP contribution in [0.25, 0.3) is 0 Å². The number of piperazine rings is 1. The summed E-state index contributed by atoms with van der Waals surface area (Å²) in [6, 6.07) is 0.0494. The van der Waals surface area contributed by atoms with Gasteiger partial charge >= 0.3 is 6.03 Å². The maximum atomic E-state index is 11.8. The number of hydrogen-bond donors (Lipinski definition) is 1. The van der Waals surface area contributed by atoms with Crippen LogP contribution in [-0.4, -0.2) is 66.1 Å². The molecule has 18 heavy (non-hydrogen) atoms. The van der Waals surface area contributed by atoms with Crippen LogP contribution in [0, 0.1) is 0 Å². The summed E-state index contributed by atoms with van der Waals surface area (Å²) >= 11 is 0. The molecule has 0 atom stereocenters. The fourth-order valence-electron chi connectivity index (χ4n) is 1.93. The molecule has 7 nitrogen and oxygen atoms in total. The van der Waals surface area contributed by atoms with Crippen LogP contribution >= 0.6 is 0 Å². The van der Waals surface area contributed by atoms with Crippen molar-refractivity contribution >= 4 is 17.7 Å². The van der Waals surface area contributed by atoms with Crippen molar-refractivity contribution in [2.45, 2.75) is 0 Å². The summed E-state index contributed by atoms with van der Waals surface area (Å²) in [5, 5.41) is 0. The fourth-order valence-corrected chi connectivity index (χ4v) is 1.93. The molecule has 0 bridgehead atoms. The SMILES string of the molecule is CN(C)C(=O)N1CCN(c2cncc(N)n2)CC1. The zero-order valence-corrected chi connectivity index (χ0v) is 10.7. The third-order valence-electron chi connectivity index (χ3n) is 2.90. The predicted molar refractivity (Wildman–Crippen MR) is 69.3 cm³/mol. The van der Waals surface area contributed by atoms with Crippen molar-refractivity contribution in [3.63, 3.8) is 0 Å². The summed E-state index contributed by atoms with van der Waals surface area (Å²) in [6.45, 7) is 2.87. The quantitative estimate of drug-likeness (QED) is 0.750. The van der Waals surface area contributed by atoms with Gasteiger partial charge in [0.05, 0.1) is 12.4 Å². The second kappa shape index (κ2) is 5.07. The van der Waals surface area contributed by atoms with E-state index in [0.717, 1.165) is 18.9 Å².